The molecule has 3 N–H and O–H groups in total. The van der Waals surface area contributed by atoms with E-state index in [1.54, 1.807) is 0 Å². The van der Waals surface area contributed by atoms with Gasteiger partial charge in [0, 0.05) is 27.3 Å². The Labute approximate surface area is 83.0 Å². The molecule has 0 radical (unpaired) electrons. The Kier molecular flexibility index (Phi) is 14.1. The Balaban J connectivity index is -0.0000000800. The first kappa shape index (κ1) is 16.0. The Morgan fingerprint density at radius 1 is 1.14 bits per heavy atom. The van der Waals surface area contributed by atoms with Crippen molar-refractivity contribution in [2.24, 2.45) is 0 Å². The fourth-order valence-corrected chi connectivity index (χ4v) is 0. The van der Waals surface area contributed by atoms with Crippen molar-refractivity contribution in [3.63, 3.8) is 0 Å². The molecule has 0 heterocycles. The van der Waals surface area contributed by atoms with Crippen LogP contribution in [0.3, 0.4) is 0 Å². The zero-order valence-corrected chi connectivity index (χ0v) is 7.83. The van der Waals surface area contributed by atoms with E-state index in [0.717, 1.165) is 0 Å². The van der Waals surface area contributed by atoms with Gasteiger partial charge < -0.3 is 14.7 Å². The van der Waals surface area contributed by atoms with E-state index in [-0.39, 0.29) is 56.9 Å². The van der Waals surface area contributed by atoms with E-state index >= 15 is 0 Å². The first-order chi connectivity index (χ1) is 2.00. The molecule has 0 aromatic rings. The summed E-state index contributed by atoms with van der Waals surface area (Å²) in [6.07, 6.45) is 0. The van der Waals surface area contributed by atoms with E-state index in [0.29, 0.717) is 0 Å². The van der Waals surface area contributed by atoms with Crippen molar-refractivity contribution in [3.8, 4) is 0 Å². The normalized spacial score (nSPS) is 8.43. The van der Waals surface area contributed by atoms with Crippen LogP contribution in [0.2, 0.25) is 0 Å². The second kappa shape index (κ2) is 6.16. The van der Waals surface area contributed by atoms with Crippen molar-refractivity contribution in [2.75, 3.05) is 0 Å². The fourth-order valence-electron chi connectivity index (χ4n) is 0. The predicted octanol–water partition coefficient (Wildman–Crippen LogP) is -1.58. The number of hydrogen-bond donors (Lipinski definition) is 3. The Morgan fingerprint density at radius 3 is 1.14 bits per heavy atom. The van der Waals surface area contributed by atoms with Crippen LogP contribution in [-0.4, -0.2) is 44.2 Å². The van der Waals surface area contributed by atoms with Crippen LogP contribution in [0.15, 0.2) is 0 Å². The molecule has 4 nitrogen and oxygen atoms in total. The molecule has 0 bridgehead atoms. The number of hydrogen-bond acceptors (Lipinski definition) is 1. The molecule has 0 unspecified atom stereocenters. The average molecular weight is 234 g/mol. The van der Waals surface area contributed by atoms with Gasteiger partial charge in [-0.3, -0.25) is 0 Å². The molecule has 0 spiro atoms. The molecule has 0 rings (SSSR count). The summed E-state index contributed by atoms with van der Waals surface area (Å²) in [6, 6.07) is 0. The fraction of sp³-hybridized carbons (Fsp3) is 0. The van der Waals surface area contributed by atoms with Gasteiger partial charge in [0.1, 0.15) is 0 Å². The average Bonchev–Trinajstić information content (AvgIpc) is 0.722. The molecule has 0 aromatic heterocycles. The molecule has 0 amide bonds. The third-order valence-corrected chi connectivity index (χ3v) is 0. The van der Waals surface area contributed by atoms with Gasteiger partial charge in [0.2, 0.25) is 0 Å². The van der Waals surface area contributed by atoms with E-state index in [9.17, 15) is 0 Å². The third-order valence-electron chi connectivity index (χ3n) is 0. The van der Waals surface area contributed by atoms with Crippen LogP contribution < -0.4 is 0 Å². The van der Waals surface area contributed by atoms with E-state index < -0.39 is 7.82 Å². The van der Waals surface area contributed by atoms with Crippen LogP contribution in [-0.2, 0) is 31.9 Å². The van der Waals surface area contributed by atoms with Crippen molar-refractivity contribution in [1.29, 1.82) is 0 Å². The first-order valence-electron chi connectivity index (χ1n) is 0.783. The standard InChI is InChI=1S/Cd.Na.H3O4P.H/c;;1-5(2,3)4;/h;;(H3,1,2,3,4);. The summed E-state index contributed by atoms with van der Waals surface area (Å²) in [5.41, 5.74) is 0. The maximum atomic E-state index is 8.88. The van der Waals surface area contributed by atoms with Crippen LogP contribution >= 0.6 is 7.82 Å². The van der Waals surface area contributed by atoms with Crippen molar-refractivity contribution >= 4 is 37.4 Å². The molecule has 0 aliphatic carbocycles. The molecule has 0 aromatic carbocycles. The van der Waals surface area contributed by atoms with E-state index in [1.165, 1.54) is 0 Å². The molecule has 0 saturated heterocycles. The van der Waals surface area contributed by atoms with Gasteiger partial charge in [-0.05, 0) is 0 Å². The van der Waals surface area contributed by atoms with Gasteiger partial charge in [0.15, 0.2) is 0 Å². The second-order valence-electron chi connectivity index (χ2n) is 0.513. The predicted molar refractivity (Wildman–Crippen MR) is 21.4 cm³/mol. The molecule has 0 aliphatic rings. The van der Waals surface area contributed by atoms with E-state index in [4.69, 9.17) is 19.2 Å². The van der Waals surface area contributed by atoms with Crippen LogP contribution in [0.5, 0.6) is 0 Å². The third kappa shape index (κ3) is 70.8. The SMILES string of the molecule is O=P(O)(O)O.[Cd].[NaH]. The van der Waals surface area contributed by atoms with Gasteiger partial charge in [0.05, 0.1) is 0 Å². The van der Waals surface area contributed by atoms with Crippen LogP contribution in [0.1, 0.15) is 0 Å². The summed E-state index contributed by atoms with van der Waals surface area (Å²) in [5, 5.41) is 0. The molecule has 0 fully saturated rings. The van der Waals surface area contributed by atoms with Crippen molar-refractivity contribution < 1.29 is 46.5 Å². The van der Waals surface area contributed by atoms with Gasteiger partial charge in [-0.1, -0.05) is 0 Å². The van der Waals surface area contributed by atoms with Gasteiger partial charge in [-0.2, -0.15) is 0 Å². The monoisotopic (exact) mass is 236 g/mol. The Hall–Kier alpha value is 2.03. The molecular formula is H4CdNaO4P. The summed E-state index contributed by atoms with van der Waals surface area (Å²) in [7, 11) is -4.64. The summed E-state index contributed by atoms with van der Waals surface area (Å²) < 4.78 is 8.88. The quantitative estimate of drug-likeness (QED) is 0.349. The van der Waals surface area contributed by atoms with Crippen LogP contribution in [0.25, 0.3) is 0 Å². The number of rotatable bonds is 0. The Morgan fingerprint density at radius 2 is 1.14 bits per heavy atom. The van der Waals surface area contributed by atoms with Gasteiger partial charge >= 0.3 is 37.4 Å². The summed E-state index contributed by atoms with van der Waals surface area (Å²) in [4.78, 5) is 21.6. The number of phosphoric acid groups is 1. The van der Waals surface area contributed by atoms with Crippen molar-refractivity contribution in [1.82, 2.24) is 0 Å². The van der Waals surface area contributed by atoms with Crippen molar-refractivity contribution in [2.45, 2.75) is 0 Å². The molecule has 36 valence electrons. The van der Waals surface area contributed by atoms with Crippen LogP contribution in [0.4, 0.5) is 0 Å². The van der Waals surface area contributed by atoms with E-state index in [2.05, 4.69) is 0 Å². The minimum absolute atomic E-state index is 0. The van der Waals surface area contributed by atoms with Crippen LogP contribution in [0, 0.1) is 0 Å². The topological polar surface area (TPSA) is 77.8 Å². The molecule has 0 saturated carbocycles. The zero-order valence-electron chi connectivity index (χ0n) is 2.90. The second-order valence-corrected chi connectivity index (χ2v) is 1.54. The van der Waals surface area contributed by atoms with Gasteiger partial charge in [0.25, 0.3) is 0 Å². The maximum absolute atomic E-state index is 8.88. The zero-order chi connectivity index (χ0) is 4.50. The molecule has 0 aliphatic heterocycles. The van der Waals surface area contributed by atoms with Gasteiger partial charge in [-0.25, -0.2) is 4.57 Å². The van der Waals surface area contributed by atoms with Crippen molar-refractivity contribution in [3.05, 3.63) is 0 Å². The Bertz CT molecular complexity index is 57.8. The molecule has 0 atom stereocenters. The summed E-state index contributed by atoms with van der Waals surface area (Å²) >= 11 is 0. The summed E-state index contributed by atoms with van der Waals surface area (Å²) in [6.45, 7) is 0. The first-order valence-corrected chi connectivity index (χ1v) is 2.35. The minimum atomic E-state index is -4.64. The summed E-state index contributed by atoms with van der Waals surface area (Å²) in [5.74, 6) is 0. The van der Waals surface area contributed by atoms with Gasteiger partial charge in [-0.15, -0.1) is 0 Å². The molecule has 7 heavy (non-hydrogen) atoms. The molecular weight excluding hydrogens is 230 g/mol. The van der Waals surface area contributed by atoms with E-state index in [1.807, 2.05) is 0 Å². The molecule has 7 heteroatoms.